The summed E-state index contributed by atoms with van der Waals surface area (Å²) >= 11 is 0. The molecule has 1 unspecified atom stereocenters. The van der Waals surface area contributed by atoms with E-state index in [1.807, 2.05) is 19.1 Å². The molecule has 1 aromatic heterocycles. The van der Waals surface area contributed by atoms with E-state index in [4.69, 9.17) is 4.74 Å². The molecule has 3 nitrogen and oxygen atoms in total. The first-order valence-electron chi connectivity index (χ1n) is 4.99. The Labute approximate surface area is 83.7 Å². The van der Waals surface area contributed by atoms with Crippen LogP contribution in [0.3, 0.4) is 0 Å². The fourth-order valence-corrected chi connectivity index (χ4v) is 1.98. The number of ether oxygens (including phenoxy) is 1. The van der Waals surface area contributed by atoms with Gasteiger partial charge in [-0.3, -0.25) is 4.79 Å². The molecule has 0 radical (unpaired) electrons. The lowest BCUT2D eigenvalue weighted by Crippen LogP contribution is -2.19. The number of hydrogen-bond acceptors (Lipinski definition) is 2. The molecule has 0 saturated heterocycles. The largest absolute Gasteiger partial charge is 0.376 e. The van der Waals surface area contributed by atoms with Crippen LogP contribution in [0.2, 0.25) is 0 Å². The normalized spacial score (nSPS) is 18.0. The summed E-state index contributed by atoms with van der Waals surface area (Å²) < 4.78 is 7.35. The number of Topliss-reactive ketones (excluding diaryl/α,β-unsaturated/α-hetero) is 1. The van der Waals surface area contributed by atoms with Crippen molar-refractivity contribution in [1.29, 1.82) is 0 Å². The van der Waals surface area contributed by atoms with Crippen LogP contribution < -0.4 is 0 Å². The second-order valence-corrected chi connectivity index (χ2v) is 3.70. The lowest BCUT2D eigenvalue weighted by Gasteiger charge is -2.19. The van der Waals surface area contributed by atoms with Gasteiger partial charge in [0, 0.05) is 25.8 Å². The average molecular weight is 193 g/mol. The Balaban J connectivity index is 2.40. The molecule has 14 heavy (non-hydrogen) atoms. The number of fused-ring (bicyclic) bond motifs is 1. The molecule has 0 amide bonds. The number of aromatic nitrogens is 1. The van der Waals surface area contributed by atoms with Crippen LogP contribution in [0.5, 0.6) is 0 Å². The van der Waals surface area contributed by atoms with Gasteiger partial charge < -0.3 is 9.30 Å². The summed E-state index contributed by atoms with van der Waals surface area (Å²) in [6.07, 6.45) is 1.70. The molecule has 0 N–H and O–H groups in total. The van der Waals surface area contributed by atoms with Gasteiger partial charge in [0.25, 0.3) is 0 Å². The molecule has 1 atom stereocenters. The lowest BCUT2D eigenvalue weighted by atomic mass is 10.1. The Hall–Kier alpha value is -1.09. The Morgan fingerprint density at radius 1 is 1.50 bits per heavy atom. The van der Waals surface area contributed by atoms with Gasteiger partial charge in [-0.2, -0.15) is 0 Å². The van der Waals surface area contributed by atoms with E-state index in [-0.39, 0.29) is 11.9 Å². The smallest absolute Gasteiger partial charge is 0.179 e. The van der Waals surface area contributed by atoms with Crippen molar-refractivity contribution in [3.63, 3.8) is 0 Å². The van der Waals surface area contributed by atoms with Crippen molar-refractivity contribution in [2.45, 2.75) is 32.4 Å². The van der Waals surface area contributed by atoms with Crippen LogP contribution in [0.4, 0.5) is 0 Å². The zero-order valence-corrected chi connectivity index (χ0v) is 8.62. The van der Waals surface area contributed by atoms with Crippen LogP contribution in [0.1, 0.15) is 42.1 Å². The molecule has 0 bridgehead atoms. The summed E-state index contributed by atoms with van der Waals surface area (Å²) in [5, 5.41) is 0. The molecule has 0 spiro atoms. The van der Waals surface area contributed by atoms with Crippen LogP contribution in [0.15, 0.2) is 12.1 Å². The zero-order chi connectivity index (χ0) is 10.1. The average Bonchev–Trinajstić information content (AvgIpc) is 2.62. The van der Waals surface area contributed by atoms with Gasteiger partial charge in [0.1, 0.15) is 0 Å². The molecule has 2 rings (SSSR count). The summed E-state index contributed by atoms with van der Waals surface area (Å²) in [5.41, 5.74) is 1.95. The third-order valence-electron chi connectivity index (χ3n) is 2.86. The maximum Gasteiger partial charge on any atom is 0.179 e. The third-order valence-corrected chi connectivity index (χ3v) is 2.86. The summed E-state index contributed by atoms with van der Waals surface area (Å²) in [5.74, 6) is 0.255. The van der Waals surface area contributed by atoms with Crippen LogP contribution >= 0.6 is 0 Å². The van der Waals surface area contributed by atoms with Gasteiger partial charge in [0.15, 0.2) is 5.78 Å². The lowest BCUT2D eigenvalue weighted by molar-refractivity contribution is 0.0938. The fourth-order valence-electron chi connectivity index (χ4n) is 1.98. The molecule has 1 aliphatic rings. The van der Waals surface area contributed by atoms with Crippen LogP contribution in [-0.2, 0) is 11.3 Å². The van der Waals surface area contributed by atoms with Gasteiger partial charge in [-0.1, -0.05) is 0 Å². The number of methoxy groups -OCH3 is 1. The summed E-state index contributed by atoms with van der Waals surface area (Å²) in [4.78, 5) is 11.5. The summed E-state index contributed by atoms with van der Waals surface area (Å²) in [6.45, 7) is 2.94. The van der Waals surface area contributed by atoms with Crippen molar-refractivity contribution in [2.24, 2.45) is 0 Å². The highest BCUT2D eigenvalue weighted by Gasteiger charge is 2.21. The Morgan fingerprint density at radius 2 is 2.29 bits per heavy atom. The van der Waals surface area contributed by atoms with Crippen molar-refractivity contribution < 1.29 is 9.53 Å². The predicted molar refractivity (Wildman–Crippen MR) is 53.4 cm³/mol. The maximum absolute atomic E-state index is 11.5. The SMILES string of the molecule is COC(C)c1ccc2n1CCCC2=O. The van der Waals surface area contributed by atoms with Gasteiger partial charge in [0.2, 0.25) is 0 Å². The molecule has 3 heteroatoms. The van der Waals surface area contributed by atoms with E-state index in [2.05, 4.69) is 4.57 Å². The first-order chi connectivity index (χ1) is 6.74. The predicted octanol–water partition coefficient (Wildman–Crippen LogP) is 2.17. The Bertz CT molecular complexity index is 354. The minimum Gasteiger partial charge on any atom is -0.376 e. The number of nitrogens with zero attached hydrogens (tertiary/aromatic N) is 1. The number of carbonyl (C=O) groups excluding carboxylic acids is 1. The topological polar surface area (TPSA) is 31.2 Å². The van der Waals surface area contributed by atoms with E-state index < -0.39 is 0 Å². The van der Waals surface area contributed by atoms with E-state index >= 15 is 0 Å². The molecule has 1 aliphatic heterocycles. The molecule has 0 aromatic carbocycles. The molecule has 0 saturated carbocycles. The number of carbonyl (C=O) groups is 1. The second-order valence-electron chi connectivity index (χ2n) is 3.70. The maximum atomic E-state index is 11.5. The highest BCUT2D eigenvalue weighted by molar-refractivity contribution is 5.95. The minimum absolute atomic E-state index is 0.0645. The van der Waals surface area contributed by atoms with Crippen molar-refractivity contribution >= 4 is 5.78 Å². The molecule has 1 aromatic rings. The van der Waals surface area contributed by atoms with Gasteiger partial charge in [-0.25, -0.2) is 0 Å². The number of hydrogen-bond donors (Lipinski definition) is 0. The van der Waals surface area contributed by atoms with Crippen LogP contribution in [0, 0.1) is 0 Å². The quantitative estimate of drug-likeness (QED) is 0.720. The van der Waals surface area contributed by atoms with E-state index in [1.165, 1.54) is 0 Å². The highest BCUT2D eigenvalue weighted by Crippen LogP contribution is 2.24. The molecular weight excluding hydrogens is 178 g/mol. The van der Waals surface area contributed by atoms with Crippen LogP contribution in [-0.4, -0.2) is 17.5 Å². The van der Waals surface area contributed by atoms with Crippen molar-refractivity contribution in [3.05, 3.63) is 23.5 Å². The van der Waals surface area contributed by atoms with Crippen molar-refractivity contribution in [2.75, 3.05) is 7.11 Å². The Morgan fingerprint density at radius 3 is 3.00 bits per heavy atom. The van der Waals surface area contributed by atoms with Gasteiger partial charge in [-0.15, -0.1) is 0 Å². The van der Waals surface area contributed by atoms with Crippen molar-refractivity contribution in [1.82, 2.24) is 4.57 Å². The molecule has 0 aliphatic carbocycles. The van der Waals surface area contributed by atoms with E-state index in [0.29, 0.717) is 6.42 Å². The van der Waals surface area contributed by atoms with Crippen molar-refractivity contribution in [3.8, 4) is 0 Å². The second kappa shape index (κ2) is 3.58. The molecular formula is C11H15NO2. The number of rotatable bonds is 2. The zero-order valence-electron chi connectivity index (χ0n) is 8.62. The summed E-state index contributed by atoms with van der Waals surface area (Å²) in [7, 11) is 1.69. The standard InChI is InChI=1S/C11H15NO2/c1-8(14-2)9-5-6-10-11(13)4-3-7-12(9)10/h5-6,8H,3-4,7H2,1-2H3. The first-order valence-corrected chi connectivity index (χ1v) is 4.99. The summed E-state index contributed by atoms with van der Waals surface area (Å²) in [6, 6.07) is 3.90. The fraction of sp³-hybridized carbons (Fsp3) is 0.545. The number of ketones is 1. The molecule has 0 fully saturated rings. The van der Waals surface area contributed by atoms with E-state index in [1.54, 1.807) is 7.11 Å². The van der Waals surface area contributed by atoms with Gasteiger partial charge in [-0.05, 0) is 25.5 Å². The van der Waals surface area contributed by atoms with E-state index in [0.717, 1.165) is 24.4 Å². The Kier molecular flexibility index (Phi) is 2.42. The van der Waals surface area contributed by atoms with Crippen LogP contribution in [0.25, 0.3) is 0 Å². The highest BCUT2D eigenvalue weighted by atomic mass is 16.5. The molecule has 76 valence electrons. The van der Waals surface area contributed by atoms with Gasteiger partial charge >= 0.3 is 0 Å². The molecule has 2 heterocycles. The third kappa shape index (κ3) is 1.38. The first kappa shape index (κ1) is 9.46. The minimum atomic E-state index is 0.0645. The van der Waals surface area contributed by atoms with Gasteiger partial charge in [0.05, 0.1) is 11.8 Å². The monoisotopic (exact) mass is 193 g/mol. The van der Waals surface area contributed by atoms with E-state index in [9.17, 15) is 4.79 Å².